The maximum atomic E-state index is 6.23. The van der Waals surface area contributed by atoms with Gasteiger partial charge in [0, 0.05) is 5.92 Å². The smallest absolute Gasteiger partial charge is 0.134 e. The summed E-state index contributed by atoms with van der Waals surface area (Å²) >= 11 is 1.75. The molecule has 0 aromatic carbocycles. The van der Waals surface area contributed by atoms with Gasteiger partial charge in [-0.2, -0.15) is 0 Å². The molecule has 0 aliphatic carbocycles. The summed E-state index contributed by atoms with van der Waals surface area (Å²) in [6.45, 7) is 8.73. The van der Waals surface area contributed by atoms with Gasteiger partial charge >= 0.3 is 0 Å². The van der Waals surface area contributed by atoms with Gasteiger partial charge in [0.2, 0.25) is 0 Å². The highest BCUT2D eigenvalue weighted by Crippen LogP contribution is 2.49. The Bertz CT molecular complexity index is 439. The van der Waals surface area contributed by atoms with Crippen molar-refractivity contribution in [2.75, 3.05) is 14.2 Å². The van der Waals surface area contributed by atoms with Crippen LogP contribution >= 0.6 is 11.3 Å². The molecular formula is C15H25NO2S. The van der Waals surface area contributed by atoms with Crippen LogP contribution in [0.5, 0.6) is 5.75 Å². The zero-order valence-corrected chi connectivity index (χ0v) is 13.6. The van der Waals surface area contributed by atoms with E-state index >= 15 is 0 Å². The summed E-state index contributed by atoms with van der Waals surface area (Å²) in [5.74, 6) is 1.41. The number of rotatable bonds is 4. The van der Waals surface area contributed by atoms with E-state index < -0.39 is 0 Å². The van der Waals surface area contributed by atoms with Crippen LogP contribution in [0, 0.1) is 5.92 Å². The summed E-state index contributed by atoms with van der Waals surface area (Å²) in [5, 5.41) is 5.55. The first-order valence-electron chi connectivity index (χ1n) is 6.79. The zero-order valence-electron chi connectivity index (χ0n) is 12.7. The van der Waals surface area contributed by atoms with Crippen LogP contribution in [0.2, 0.25) is 0 Å². The van der Waals surface area contributed by atoms with Crippen LogP contribution in [0.3, 0.4) is 0 Å². The van der Waals surface area contributed by atoms with Crippen molar-refractivity contribution in [1.82, 2.24) is 5.32 Å². The third kappa shape index (κ3) is 2.81. The molecule has 1 aromatic heterocycles. The van der Waals surface area contributed by atoms with Crippen molar-refractivity contribution in [3.63, 3.8) is 0 Å². The summed E-state index contributed by atoms with van der Waals surface area (Å²) in [7, 11) is 3.75. The fourth-order valence-corrected chi connectivity index (χ4v) is 4.38. The minimum absolute atomic E-state index is 0.0617. The highest BCUT2D eigenvalue weighted by molar-refractivity contribution is 7.10. The summed E-state index contributed by atoms with van der Waals surface area (Å²) < 4.78 is 11.7. The molecule has 1 aromatic rings. The Balaban J connectivity index is 2.33. The van der Waals surface area contributed by atoms with Crippen molar-refractivity contribution < 1.29 is 9.47 Å². The third-order valence-electron chi connectivity index (χ3n) is 4.02. The van der Waals surface area contributed by atoms with Crippen molar-refractivity contribution >= 4 is 11.3 Å². The molecule has 108 valence electrons. The highest BCUT2D eigenvalue weighted by Gasteiger charge is 2.49. The fraction of sp³-hybridized carbons (Fsp3) is 0.733. The van der Waals surface area contributed by atoms with Crippen LogP contribution in [-0.2, 0) is 4.74 Å². The van der Waals surface area contributed by atoms with Gasteiger partial charge in [0.25, 0.3) is 0 Å². The molecule has 0 bridgehead atoms. The number of ether oxygens (including phenoxy) is 2. The van der Waals surface area contributed by atoms with E-state index in [4.69, 9.17) is 9.47 Å². The van der Waals surface area contributed by atoms with E-state index in [-0.39, 0.29) is 17.2 Å². The molecule has 2 heterocycles. The number of hydrogen-bond donors (Lipinski definition) is 1. The average Bonchev–Trinajstić information content (AvgIpc) is 2.82. The first kappa shape index (κ1) is 14.8. The Hall–Kier alpha value is -0.580. The van der Waals surface area contributed by atoms with Crippen LogP contribution in [0.25, 0.3) is 0 Å². The highest BCUT2D eigenvalue weighted by atomic mass is 32.1. The maximum absolute atomic E-state index is 6.23. The first-order chi connectivity index (χ1) is 8.80. The minimum Gasteiger partial charge on any atom is -0.496 e. The molecule has 0 spiro atoms. The van der Waals surface area contributed by atoms with E-state index in [1.807, 2.05) is 13.1 Å². The Morgan fingerprint density at radius 3 is 2.58 bits per heavy atom. The van der Waals surface area contributed by atoms with Gasteiger partial charge in [-0.1, -0.05) is 0 Å². The molecule has 1 aliphatic heterocycles. The average molecular weight is 283 g/mol. The maximum Gasteiger partial charge on any atom is 0.134 e. The molecule has 0 amide bonds. The Labute approximate surface area is 120 Å². The Kier molecular flexibility index (Phi) is 3.96. The number of methoxy groups -OCH3 is 1. The molecule has 1 saturated heterocycles. The van der Waals surface area contributed by atoms with E-state index in [1.165, 1.54) is 4.88 Å². The quantitative estimate of drug-likeness (QED) is 0.915. The van der Waals surface area contributed by atoms with Gasteiger partial charge in [0.1, 0.15) is 5.75 Å². The van der Waals surface area contributed by atoms with Crippen molar-refractivity contribution in [3.8, 4) is 5.75 Å². The Morgan fingerprint density at radius 1 is 1.42 bits per heavy atom. The van der Waals surface area contributed by atoms with Crippen molar-refractivity contribution in [2.45, 2.75) is 51.4 Å². The summed E-state index contributed by atoms with van der Waals surface area (Å²) in [6, 6.07) is 2.31. The molecule has 19 heavy (non-hydrogen) atoms. The second-order valence-corrected chi connectivity index (χ2v) is 7.34. The molecule has 2 atom stereocenters. The van der Waals surface area contributed by atoms with Gasteiger partial charge in [-0.3, -0.25) is 0 Å². The Morgan fingerprint density at radius 2 is 2.11 bits per heavy atom. The molecule has 4 heteroatoms. The molecular weight excluding hydrogens is 258 g/mol. The lowest BCUT2D eigenvalue weighted by Gasteiger charge is -2.32. The van der Waals surface area contributed by atoms with Crippen LogP contribution < -0.4 is 10.1 Å². The fourth-order valence-electron chi connectivity index (χ4n) is 3.34. The van der Waals surface area contributed by atoms with Gasteiger partial charge in [-0.05, 0) is 52.6 Å². The van der Waals surface area contributed by atoms with Crippen molar-refractivity contribution in [2.24, 2.45) is 5.92 Å². The zero-order chi connectivity index (χ0) is 14.3. The van der Waals surface area contributed by atoms with Gasteiger partial charge in [0.05, 0.1) is 29.2 Å². The molecule has 1 fully saturated rings. The van der Waals surface area contributed by atoms with Gasteiger partial charge in [-0.25, -0.2) is 0 Å². The van der Waals surface area contributed by atoms with Crippen LogP contribution in [0.4, 0.5) is 0 Å². The lowest BCUT2D eigenvalue weighted by molar-refractivity contribution is -0.0776. The van der Waals surface area contributed by atoms with Crippen molar-refractivity contribution in [1.29, 1.82) is 0 Å². The molecule has 1 aliphatic rings. The predicted molar refractivity (Wildman–Crippen MR) is 80.0 cm³/mol. The minimum atomic E-state index is -0.133. The second kappa shape index (κ2) is 5.08. The lowest BCUT2D eigenvalue weighted by atomic mass is 9.81. The summed E-state index contributed by atoms with van der Waals surface area (Å²) in [5.41, 5.74) is -0.195. The first-order valence-corrected chi connectivity index (χ1v) is 7.67. The summed E-state index contributed by atoms with van der Waals surface area (Å²) in [4.78, 5) is 1.27. The SMILES string of the molecule is CNC(c1sccc1OC)C1CC(C)(C)OC1(C)C. The predicted octanol–water partition coefficient (Wildman–Crippen LogP) is 3.61. The molecule has 1 N–H and O–H groups in total. The normalized spacial score (nSPS) is 26.3. The molecule has 2 rings (SSSR count). The van der Waals surface area contributed by atoms with Crippen LogP contribution in [-0.4, -0.2) is 25.4 Å². The van der Waals surface area contributed by atoms with E-state index in [2.05, 4.69) is 38.4 Å². The van der Waals surface area contributed by atoms with Gasteiger partial charge in [0.15, 0.2) is 0 Å². The summed E-state index contributed by atoms with van der Waals surface area (Å²) in [6.07, 6.45) is 1.05. The third-order valence-corrected chi connectivity index (χ3v) is 5.00. The van der Waals surface area contributed by atoms with E-state index in [0.717, 1.165) is 12.2 Å². The molecule has 3 nitrogen and oxygen atoms in total. The van der Waals surface area contributed by atoms with Crippen LogP contribution in [0.1, 0.15) is 45.0 Å². The van der Waals surface area contributed by atoms with Gasteiger partial charge in [-0.15, -0.1) is 11.3 Å². The molecule has 0 radical (unpaired) electrons. The molecule has 2 unspecified atom stereocenters. The van der Waals surface area contributed by atoms with E-state index in [1.54, 1.807) is 18.4 Å². The number of nitrogens with one attached hydrogen (secondary N) is 1. The molecule has 0 saturated carbocycles. The lowest BCUT2D eigenvalue weighted by Crippen LogP contribution is -2.37. The largest absolute Gasteiger partial charge is 0.496 e. The van der Waals surface area contributed by atoms with E-state index in [9.17, 15) is 0 Å². The second-order valence-electron chi connectivity index (χ2n) is 6.40. The van der Waals surface area contributed by atoms with Crippen molar-refractivity contribution in [3.05, 3.63) is 16.3 Å². The van der Waals surface area contributed by atoms with E-state index in [0.29, 0.717) is 5.92 Å². The van der Waals surface area contributed by atoms with Gasteiger partial charge < -0.3 is 14.8 Å². The monoisotopic (exact) mass is 283 g/mol. The number of thiophene rings is 1. The topological polar surface area (TPSA) is 30.5 Å². The van der Waals surface area contributed by atoms with Crippen LogP contribution in [0.15, 0.2) is 11.4 Å². The standard InChI is InChI=1S/C15H25NO2S/c1-14(2)9-10(15(3,4)18-14)12(16-5)13-11(17-6)7-8-19-13/h7-8,10,12,16H,9H2,1-6H3. The number of hydrogen-bond acceptors (Lipinski definition) is 4.